The molecular formula is C16H30N2O2. The van der Waals surface area contributed by atoms with Gasteiger partial charge in [0.1, 0.15) is 0 Å². The molecule has 116 valence electrons. The molecule has 1 N–H and O–H groups in total. The zero-order valence-electron chi connectivity index (χ0n) is 13.8. The van der Waals surface area contributed by atoms with Crippen LogP contribution in [0.25, 0.3) is 0 Å². The number of rotatable bonds is 7. The molecule has 20 heavy (non-hydrogen) atoms. The van der Waals surface area contributed by atoms with Crippen LogP contribution in [0.1, 0.15) is 59.7 Å². The van der Waals surface area contributed by atoms with Gasteiger partial charge in [-0.1, -0.05) is 27.7 Å². The van der Waals surface area contributed by atoms with Gasteiger partial charge in [-0.05, 0) is 31.7 Å². The van der Waals surface area contributed by atoms with E-state index < -0.39 is 6.10 Å². The van der Waals surface area contributed by atoms with Crippen LogP contribution in [0.15, 0.2) is 12.3 Å². The molecule has 0 saturated carbocycles. The molecule has 0 aliphatic heterocycles. The first-order valence-corrected chi connectivity index (χ1v) is 7.63. The van der Waals surface area contributed by atoms with E-state index in [-0.39, 0.29) is 11.5 Å². The Morgan fingerprint density at radius 3 is 2.50 bits per heavy atom. The van der Waals surface area contributed by atoms with E-state index in [1.54, 1.807) is 0 Å². The highest BCUT2D eigenvalue weighted by molar-refractivity contribution is 5.03. The summed E-state index contributed by atoms with van der Waals surface area (Å²) in [5, 5.41) is 15.0. The van der Waals surface area contributed by atoms with Crippen LogP contribution in [-0.4, -0.2) is 33.7 Å². The minimum atomic E-state index is -0.532. The predicted molar refractivity (Wildman–Crippen MR) is 81.8 cm³/mol. The van der Waals surface area contributed by atoms with Gasteiger partial charge in [-0.3, -0.25) is 4.68 Å². The second-order valence-corrected chi connectivity index (χ2v) is 6.56. The number of aromatic nitrogens is 2. The van der Waals surface area contributed by atoms with E-state index in [0.717, 1.165) is 12.1 Å². The van der Waals surface area contributed by atoms with Gasteiger partial charge in [-0.25, -0.2) is 0 Å². The Labute approximate surface area is 123 Å². The largest absolute Gasteiger partial charge is 0.390 e. The number of nitrogens with zero attached hydrogens (tertiary/aromatic N) is 2. The third-order valence-electron chi connectivity index (χ3n) is 3.67. The third-order valence-corrected chi connectivity index (χ3v) is 3.67. The van der Waals surface area contributed by atoms with Crippen LogP contribution in [0.3, 0.4) is 0 Å². The summed E-state index contributed by atoms with van der Waals surface area (Å²) >= 11 is 0. The Kier molecular flexibility index (Phi) is 6.21. The van der Waals surface area contributed by atoms with Crippen molar-refractivity contribution in [2.24, 2.45) is 5.41 Å². The lowest BCUT2D eigenvalue weighted by molar-refractivity contribution is -0.0876. The van der Waals surface area contributed by atoms with Crippen LogP contribution in [0.4, 0.5) is 0 Å². The maximum atomic E-state index is 10.5. The molecule has 1 heterocycles. The summed E-state index contributed by atoms with van der Waals surface area (Å²) in [6, 6.07) is 2.38. The Balaban J connectivity index is 2.73. The number of hydrogen-bond acceptors (Lipinski definition) is 3. The van der Waals surface area contributed by atoms with E-state index in [2.05, 4.69) is 39.7 Å². The molecule has 0 aliphatic carbocycles. The lowest BCUT2D eigenvalue weighted by Gasteiger charge is -2.33. The van der Waals surface area contributed by atoms with Crippen molar-refractivity contribution < 1.29 is 9.84 Å². The van der Waals surface area contributed by atoms with Gasteiger partial charge in [0.2, 0.25) is 0 Å². The summed E-state index contributed by atoms with van der Waals surface area (Å²) in [5.41, 5.74) is 0.834. The average molecular weight is 282 g/mol. The Morgan fingerprint density at radius 2 is 2.00 bits per heavy atom. The minimum absolute atomic E-state index is 0.0886. The van der Waals surface area contributed by atoms with Gasteiger partial charge in [-0.2, -0.15) is 5.10 Å². The van der Waals surface area contributed by atoms with Crippen molar-refractivity contribution in [3.63, 3.8) is 0 Å². The molecule has 0 amide bonds. The molecule has 3 atom stereocenters. The number of ether oxygens (including phenoxy) is 1. The van der Waals surface area contributed by atoms with E-state index in [0.29, 0.717) is 19.1 Å². The highest BCUT2D eigenvalue weighted by atomic mass is 16.5. The molecule has 4 heteroatoms. The molecule has 0 spiro atoms. The lowest BCUT2D eigenvalue weighted by atomic mass is 9.84. The molecule has 4 nitrogen and oxygen atoms in total. The molecule has 0 bridgehead atoms. The summed E-state index contributed by atoms with van der Waals surface area (Å²) in [6.07, 6.45) is 2.86. The molecule has 3 unspecified atom stereocenters. The summed E-state index contributed by atoms with van der Waals surface area (Å²) in [4.78, 5) is 0. The van der Waals surface area contributed by atoms with Crippen molar-refractivity contribution in [1.82, 2.24) is 9.78 Å². The van der Waals surface area contributed by atoms with Gasteiger partial charge >= 0.3 is 0 Å². The Hall–Kier alpha value is -0.870. The quantitative estimate of drug-likeness (QED) is 0.835. The fraction of sp³-hybridized carbons (Fsp3) is 0.812. The maximum Gasteiger partial charge on any atom is 0.0885 e. The zero-order valence-corrected chi connectivity index (χ0v) is 13.8. The van der Waals surface area contributed by atoms with E-state index in [4.69, 9.17) is 4.74 Å². The third kappa shape index (κ3) is 4.60. The summed E-state index contributed by atoms with van der Waals surface area (Å²) < 4.78 is 7.70. The smallest absolute Gasteiger partial charge is 0.0885 e. The molecule has 1 rings (SSSR count). The van der Waals surface area contributed by atoms with Crippen LogP contribution in [0.2, 0.25) is 0 Å². The molecular weight excluding hydrogens is 252 g/mol. The van der Waals surface area contributed by atoms with E-state index >= 15 is 0 Å². The molecule has 0 radical (unpaired) electrons. The van der Waals surface area contributed by atoms with Crippen LogP contribution in [0.5, 0.6) is 0 Å². The second-order valence-electron chi connectivity index (χ2n) is 6.56. The van der Waals surface area contributed by atoms with Crippen molar-refractivity contribution in [3.05, 3.63) is 18.0 Å². The van der Waals surface area contributed by atoms with E-state index in [9.17, 15) is 5.11 Å². The second kappa shape index (κ2) is 7.23. The van der Waals surface area contributed by atoms with Gasteiger partial charge in [0.25, 0.3) is 0 Å². The van der Waals surface area contributed by atoms with Crippen molar-refractivity contribution >= 4 is 0 Å². The summed E-state index contributed by atoms with van der Waals surface area (Å²) in [7, 11) is 0. The highest BCUT2D eigenvalue weighted by Gasteiger charge is 2.32. The highest BCUT2D eigenvalue weighted by Crippen LogP contribution is 2.26. The topological polar surface area (TPSA) is 47.3 Å². The first-order chi connectivity index (χ1) is 9.29. The first kappa shape index (κ1) is 17.2. The van der Waals surface area contributed by atoms with Crippen molar-refractivity contribution in [2.75, 3.05) is 6.61 Å². The van der Waals surface area contributed by atoms with E-state index in [1.807, 2.05) is 23.9 Å². The molecule has 0 aliphatic rings. The van der Waals surface area contributed by atoms with Crippen molar-refractivity contribution in [3.8, 4) is 0 Å². The number of aliphatic hydroxyl groups excluding tert-OH is 1. The predicted octanol–water partition coefficient (Wildman–Crippen LogP) is 3.21. The van der Waals surface area contributed by atoms with Crippen molar-refractivity contribution in [2.45, 2.75) is 72.6 Å². The fourth-order valence-electron chi connectivity index (χ4n) is 2.36. The Bertz CT molecular complexity index is 395. The molecule has 1 aromatic heterocycles. The molecule has 1 aromatic rings. The summed E-state index contributed by atoms with van der Waals surface area (Å²) in [6.45, 7) is 13.1. The average Bonchev–Trinajstić information content (AvgIpc) is 2.81. The lowest BCUT2D eigenvalue weighted by Crippen LogP contribution is -2.41. The summed E-state index contributed by atoms with van der Waals surface area (Å²) in [5.74, 6) is 0. The van der Waals surface area contributed by atoms with E-state index in [1.165, 1.54) is 0 Å². The van der Waals surface area contributed by atoms with Crippen molar-refractivity contribution in [1.29, 1.82) is 0 Å². The van der Waals surface area contributed by atoms with Gasteiger partial charge in [0, 0.05) is 25.3 Å². The maximum absolute atomic E-state index is 10.5. The van der Waals surface area contributed by atoms with Gasteiger partial charge in [0.15, 0.2) is 0 Å². The van der Waals surface area contributed by atoms with Gasteiger partial charge < -0.3 is 9.84 Å². The van der Waals surface area contributed by atoms with Crippen LogP contribution in [0, 0.1) is 5.41 Å². The van der Waals surface area contributed by atoms with Crippen LogP contribution >= 0.6 is 0 Å². The first-order valence-electron chi connectivity index (χ1n) is 7.63. The monoisotopic (exact) mass is 282 g/mol. The van der Waals surface area contributed by atoms with Gasteiger partial charge in [-0.15, -0.1) is 0 Å². The zero-order chi connectivity index (χ0) is 15.3. The normalized spacial score (nSPS) is 16.9. The molecule has 0 saturated heterocycles. The van der Waals surface area contributed by atoms with Gasteiger partial charge in [0.05, 0.1) is 17.9 Å². The standard InChI is InChI=1S/C16H30N2O2/c1-7-12(3)18-10-9-13(17-18)11-14(19)15(20-8-2)16(4,5)6/h9-10,12,14-15,19H,7-8,11H2,1-6H3. The molecule has 0 fully saturated rings. The van der Waals surface area contributed by atoms with Crippen LogP contribution in [-0.2, 0) is 11.2 Å². The number of aliphatic hydroxyl groups is 1. The van der Waals surface area contributed by atoms with Crippen LogP contribution < -0.4 is 0 Å². The SMILES string of the molecule is CCOC(C(O)Cc1ccn(C(C)CC)n1)C(C)(C)C. The number of hydrogen-bond donors (Lipinski definition) is 1. The fourth-order valence-corrected chi connectivity index (χ4v) is 2.36. The minimum Gasteiger partial charge on any atom is -0.390 e. The Morgan fingerprint density at radius 1 is 1.35 bits per heavy atom. The molecule has 0 aromatic carbocycles.